The molecule has 7 heteroatoms. The molecule has 2 aromatic rings. The van der Waals surface area contributed by atoms with Gasteiger partial charge in [-0.2, -0.15) is 0 Å². The number of benzene rings is 2. The maximum Gasteiger partial charge on any atom is 0.315 e. The number of hydrogen-bond donors (Lipinski definition) is 1. The summed E-state index contributed by atoms with van der Waals surface area (Å²) in [5, 5.41) is 0.518. The normalized spacial score (nSPS) is 13.5. The number of primary amides is 1. The van der Waals surface area contributed by atoms with E-state index in [-0.39, 0.29) is 0 Å². The molecular formula is C18H19ClN2O4. The lowest BCUT2D eigenvalue weighted by atomic mass is 10.0. The molecule has 3 rings (SSSR count). The summed E-state index contributed by atoms with van der Waals surface area (Å²) in [7, 11) is 3.16. The standard InChI is InChI=1S/C18H19ClN2O4/c1-23-15-4-3-11(8-14(15)19)12-7-13-10-21(18(20)22)5-6-25-17(13)16(9-12)24-2/h3-4,7-9H,5-6,10H2,1-2H3,(H2,20,22). The van der Waals surface area contributed by atoms with Gasteiger partial charge in [0.15, 0.2) is 11.5 Å². The molecule has 0 atom stereocenters. The highest BCUT2D eigenvalue weighted by Crippen LogP contribution is 2.39. The van der Waals surface area contributed by atoms with E-state index in [2.05, 4.69) is 0 Å². The average molecular weight is 363 g/mol. The third-order valence-electron chi connectivity index (χ3n) is 4.12. The molecule has 0 bridgehead atoms. The third kappa shape index (κ3) is 3.44. The molecule has 0 aromatic heterocycles. The fourth-order valence-electron chi connectivity index (χ4n) is 2.84. The van der Waals surface area contributed by atoms with E-state index in [9.17, 15) is 4.79 Å². The van der Waals surface area contributed by atoms with Crippen LogP contribution in [0.5, 0.6) is 17.2 Å². The second kappa shape index (κ2) is 7.11. The number of nitrogens with two attached hydrogens (primary N) is 1. The number of nitrogens with zero attached hydrogens (tertiary/aromatic N) is 1. The number of hydrogen-bond acceptors (Lipinski definition) is 4. The SMILES string of the molecule is COc1ccc(-c2cc3c(c(OC)c2)OCCN(C(N)=O)C3)cc1Cl. The van der Waals surface area contributed by atoms with Crippen molar-refractivity contribution in [3.63, 3.8) is 0 Å². The summed E-state index contributed by atoms with van der Waals surface area (Å²) in [5.74, 6) is 1.84. The number of carbonyl (C=O) groups excluding carboxylic acids is 1. The highest BCUT2D eigenvalue weighted by molar-refractivity contribution is 6.32. The Kier molecular flexibility index (Phi) is 4.90. The quantitative estimate of drug-likeness (QED) is 0.909. The topological polar surface area (TPSA) is 74.0 Å². The molecule has 0 aliphatic carbocycles. The number of urea groups is 1. The van der Waals surface area contributed by atoms with Crippen LogP contribution in [0.2, 0.25) is 5.02 Å². The van der Waals surface area contributed by atoms with Crippen LogP contribution in [0.15, 0.2) is 30.3 Å². The van der Waals surface area contributed by atoms with Crippen LogP contribution >= 0.6 is 11.6 Å². The summed E-state index contributed by atoms with van der Waals surface area (Å²) >= 11 is 6.24. The Labute approximate surface area is 151 Å². The highest BCUT2D eigenvalue weighted by Gasteiger charge is 2.22. The van der Waals surface area contributed by atoms with Crippen LogP contribution in [-0.2, 0) is 6.54 Å². The number of ether oxygens (including phenoxy) is 3. The van der Waals surface area contributed by atoms with E-state index in [1.165, 1.54) is 4.90 Å². The van der Waals surface area contributed by atoms with E-state index >= 15 is 0 Å². The smallest absolute Gasteiger partial charge is 0.315 e. The van der Waals surface area contributed by atoms with Gasteiger partial charge in [-0.05, 0) is 35.4 Å². The molecule has 1 heterocycles. The third-order valence-corrected chi connectivity index (χ3v) is 4.41. The number of amides is 2. The van der Waals surface area contributed by atoms with Gasteiger partial charge in [-0.15, -0.1) is 0 Å². The van der Waals surface area contributed by atoms with Gasteiger partial charge in [-0.1, -0.05) is 17.7 Å². The van der Waals surface area contributed by atoms with Crippen molar-refractivity contribution in [3.8, 4) is 28.4 Å². The van der Waals surface area contributed by atoms with E-state index in [0.29, 0.717) is 42.0 Å². The first-order valence-electron chi connectivity index (χ1n) is 7.75. The van der Waals surface area contributed by atoms with Crippen molar-refractivity contribution in [2.24, 2.45) is 5.73 Å². The predicted octanol–water partition coefficient (Wildman–Crippen LogP) is 3.30. The number of carbonyl (C=O) groups is 1. The van der Waals surface area contributed by atoms with E-state index in [1.54, 1.807) is 14.2 Å². The zero-order valence-corrected chi connectivity index (χ0v) is 14.8. The van der Waals surface area contributed by atoms with Crippen molar-refractivity contribution < 1.29 is 19.0 Å². The molecular weight excluding hydrogens is 344 g/mol. The number of methoxy groups -OCH3 is 2. The van der Waals surface area contributed by atoms with Crippen LogP contribution in [0.4, 0.5) is 4.79 Å². The Morgan fingerprint density at radius 3 is 2.56 bits per heavy atom. The summed E-state index contributed by atoms with van der Waals surface area (Å²) in [6, 6.07) is 8.91. The summed E-state index contributed by atoms with van der Waals surface area (Å²) in [5.41, 5.74) is 8.07. The van der Waals surface area contributed by atoms with Crippen LogP contribution in [0.1, 0.15) is 5.56 Å². The molecule has 1 aliphatic heterocycles. The fourth-order valence-corrected chi connectivity index (χ4v) is 3.09. The predicted molar refractivity (Wildman–Crippen MR) is 95.5 cm³/mol. The van der Waals surface area contributed by atoms with Crippen LogP contribution in [0.25, 0.3) is 11.1 Å². The first kappa shape index (κ1) is 17.2. The Morgan fingerprint density at radius 2 is 1.92 bits per heavy atom. The molecule has 0 saturated carbocycles. The summed E-state index contributed by atoms with van der Waals surface area (Å²) in [6.45, 7) is 1.15. The molecule has 0 fully saturated rings. The highest BCUT2D eigenvalue weighted by atomic mass is 35.5. The van der Waals surface area contributed by atoms with Gasteiger partial charge in [0.2, 0.25) is 0 Å². The van der Waals surface area contributed by atoms with Crippen LogP contribution in [-0.4, -0.2) is 38.3 Å². The van der Waals surface area contributed by atoms with Gasteiger partial charge in [-0.3, -0.25) is 0 Å². The van der Waals surface area contributed by atoms with Gasteiger partial charge >= 0.3 is 6.03 Å². The Bertz CT molecular complexity index is 810. The molecule has 0 spiro atoms. The minimum Gasteiger partial charge on any atom is -0.495 e. The van der Waals surface area contributed by atoms with Gasteiger partial charge in [0.25, 0.3) is 0 Å². The minimum atomic E-state index is -0.478. The second-order valence-electron chi connectivity index (χ2n) is 5.62. The summed E-state index contributed by atoms with van der Waals surface area (Å²) in [6.07, 6.45) is 0. The van der Waals surface area contributed by atoms with E-state index in [4.69, 9.17) is 31.5 Å². The largest absolute Gasteiger partial charge is 0.495 e. The molecule has 2 aromatic carbocycles. The number of halogens is 1. The van der Waals surface area contributed by atoms with Crippen LogP contribution in [0, 0.1) is 0 Å². The molecule has 0 unspecified atom stereocenters. The van der Waals surface area contributed by atoms with Crippen molar-refractivity contribution in [1.29, 1.82) is 0 Å². The van der Waals surface area contributed by atoms with Gasteiger partial charge < -0.3 is 24.8 Å². The van der Waals surface area contributed by atoms with E-state index in [0.717, 1.165) is 16.7 Å². The number of rotatable bonds is 3. The Hall–Kier alpha value is -2.60. The molecule has 6 nitrogen and oxygen atoms in total. The second-order valence-corrected chi connectivity index (χ2v) is 6.03. The zero-order valence-electron chi connectivity index (χ0n) is 14.0. The van der Waals surface area contributed by atoms with Crippen LogP contribution in [0.3, 0.4) is 0 Å². The van der Waals surface area contributed by atoms with Crippen molar-refractivity contribution in [1.82, 2.24) is 4.90 Å². The van der Waals surface area contributed by atoms with Gasteiger partial charge in [0, 0.05) is 5.56 Å². The lowest BCUT2D eigenvalue weighted by Gasteiger charge is -2.17. The van der Waals surface area contributed by atoms with Crippen molar-refractivity contribution in [2.75, 3.05) is 27.4 Å². The fraction of sp³-hybridized carbons (Fsp3) is 0.278. The lowest BCUT2D eigenvalue weighted by molar-refractivity contribution is 0.196. The lowest BCUT2D eigenvalue weighted by Crippen LogP contribution is -2.36. The van der Waals surface area contributed by atoms with Gasteiger partial charge in [-0.25, -0.2) is 4.79 Å². The molecule has 1 aliphatic rings. The average Bonchev–Trinajstić information content (AvgIpc) is 2.83. The monoisotopic (exact) mass is 362 g/mol. The number of fused-ring (bicyclic) bond motifs is 1. The zero-order chi connectivity index (χ0) is 18.0. The molecule has 132 valence electrons. The van der Waals surface area contributed by atoms with Crippen LogP contribution < -0.4 is 19.9 Å². The van der Waals surface area contributed by atoms with Crippen molar-refractivity contribution in [3.05, 3.63) is 40.9 Å². The Balaban J connectivity index is 2.07. The molecule has 25 heavy (non-hydrogen) atoms. The first-order valence-corrected chi connectivity index (χ1v) is 8.13. The van der Waals surface area contributed by atoms with Gasteiger partial charge in [0.05, 0.1) is 32.3 Å². The van der Waals surface area contributed by atoms with Crippen molar-refractivity contribution in [2.45, 2.75) is 6.54 Å². The summed E-state index contributed by atoms with van der Waals surface area (Å²) < 4.78 is 16.5. The maximum absolute atomic E-state index is 11.6. The first-order chi connectivity index (χ1) is 12.0. The molecule has 2 amide bonds. The van der Waals surface area contributed by atoms with Gasteiger partial charge in [0.1, 0.15) is 12.4 Å². The Morgan fingerprint density at radius 1 is 1.16 bits per heavy atom. The molecule has 0 radical (unpaired) electrons. The van der Waals surface area contributed by atoms with E-state index in [1.807, 2.05) is 30.3 Å². The maximum atomic E-state index is 11.6. The van der Waals surface area contributed by atoms with E-state index < -0.39 is 6.03 Å². The molecule has 0 saturated heterocycles. The molecule has 2 N–H and O–H groups in total. The van der Waals surface area contributed by atoms with Crippen molar-refractivity contribution >= 4 is 17.6 Å². The minimum absolute atomic E-state index is 0.360. The summed E-state index contributed by atoms with van der Waals surface area (Å²) in [4.78, 5) is 13.1.